The zero-order chi connectivity index (χ0) is 15.2. The normalized spacial score (nSPS) is 10.2. The predicted molar refractivity (Wildman–Crippen MR) is 81.5 cm³/mol. The molecule has 0 aliphatic rings. The fraction of sp³-hybridized carbons (Fsp3) is 0.214. The molecule has 0 unspecified atom stereocenters. The molecule has 0 fully saturated rings. The molecule has 1 aromatic heterocycles. The van der Waals surface area contributed by atoms with Crippen LogP contribution in [0, 0.1) is 0 Å². The molecule has 0 saturated carbocycles. The van der Waals surface area contributed by atoms with Gasteiger partial charge in [-0.05, 0) is 12.1 Å². The molecule has 0 radical (unpaired) electrons. The van der Waals surface area contributed by atoms with E-state index in [1.807, 2.05) is 12.1 Å². The molecule has 0 spiro atoms. The molecular formula is C14H13ClN2O3S. The number of thiazole rings is 1. The van der Waals surface area contributed by atoms with E-state index in [1.165, 1.54) is 18.4 Å². The standard InChI is InChI=1S/C14H13ClN2O3S/c1-20-12(18)5-6-16-13(19)11-8-21-14(17-11)9-3-2-4-10(15)7-9/h2-4,7-8H,5-6H2,1H3,(H,16,19). The quantitative estimate of drug-likeness (QED) is 0.859. The Labute approximate surface area is 130 Å². The van der Waals surface area contributed by atoms with Crippen LogP contribution in [0.15, 0.2) is 29.6 Å². The number of benzene rings is 1. The highest BCUT2D eigenvalue weighted by atomic mass is 35.5. The van der Waals surface area contributed by atoms with E-state index < -0.39 is 0 Å². The molecule has 0 saturated heterocycles. The molecule has 2 rings (SSSR count). The number of nitrogens with one attached hydrogen (secondary N) is 1. The number of carbonyl (C=O) groups is 2. The number of hydrogen-bond acceptors (Lipinski definition) is 5. The molecule has 2 aromatic rings. The Kier molecular flexibility index (Phi) is 5.30. The van der Waals surface area contributed by atoms with Crippen LogP contribution in [0.4, 0.5) is 0 Å². The second-order valence-electron chi connectivity index (χ2n) is 4.13. The number of ether oxygens (including phenoxy) is 1. The summed E-state index contributed by atoms with van der Waals surface area (Å²) >= 11 is 7.29. The SMILES string of the molecule is COC(=O)CCNC(=O)c1csc(-c2cccc(Cl)c2)n1. The van der Waals surface area contributed by atoms with Crippen LogP contribution in [0.2, 0.25) is 5.02 Å². The van der Waals surface area contributed by atoms with Crippen LogP contribution in [0.1, 0.15) is 16.9 Å². The van der Waals surface area contributed by atoms with Crippen LogP contribution in [0.25, 0.3) is 10.6 Å². The fourth-order valence-electron chi connectivity index (χ4n) is 1.60. The van der Waals surface area contributed by atoms with Gasteiger partial charge in [-0.15, -0.1) is 11.3 Å². The zero-order valence-corrected chi connectivity index (χ0v) is 12.8. The van der Waals surface area contributed by atoms with E-state index in [1.54, 1.807) is 17.5 Å². The third-order valence-electron chi connectivity index (χ3n) is 2.65. The van der Waals surface area contributed by atoms with Crippen molar-refractivity contribution in [1.29, 1.82) is 0 Å². The molecule has 1 amide bonds. The van der Waals surface area contributed by atoms with Gasteiger partial charge in [-0.25, -0.2) is 4.98 Å². The lowest BCUT2D eigenvalue weighted by Crippen LogP contribution is -2.26. The van der Waals surface area contributed by atoms with Crippen molar-refractivity contribution >= 4 is 34.8 Å². The number of methoxy groups -OCH3 is 1. The number of nitrogens with zero attached hydrogens (tertiary/aromatic N) is 1. The highest BCUT2D eigenvalue weighted by molar-refractivity contribution is 7.13. The lowest BCUT2D eigenvalue weighted by Gasteiger charge is -2.01. The first-order chi connectivity index (χ1) is 10.1. The lowest BCUT2D eigenvalue weighted by atomic mass is 10.2. The molecular weight excluding hydrogens is 312 g/mol. The van der Waals surface area contributed by atoms with Gasteiger partial charge < -0.3 is 10.1 Å². The van der Waals surface area contributed by atoms with Crippen LogP contribution < -0.4 is 5.32 Å². The Morgan fingerprint density at radius 1 is 1.43 bits per heavy atom. The van der Waals surface area contributed by atoms with Crippen LogP contribution in [0.3, 0.4) is 0 Å². The lowest BCUT2D eigenvalue weighted by molar-refractivity contribution is -0.140. The number of esters is 1. The second kappa shape index (κ2) is 7.19. The predicted octanol–water partition coefficient (Wildman–Crippen LogP) is 2.76. The van der Waals surface area contributed by atoms with E-state index in [2.05, 4.69) is 15.0 Å². The summed E-state index contributed by atoms with van der Waals surface area (Å²) in [5, 5.41) is 5.62. The number of rotatable bonds is 5. The summed E-state index contributed by atoms with van der Waals surface area (Å²) in [5.74, 6) is -0.684. The second-order valence-corrected chi connectivity index (χ2v) is 5.42. The molecule has 1 aromatic carbocycles. The minimum atomic E-state index is -0.367. The Bertz CT molecular complexity index is 657. The van der Waals surface area contributed by atoms with Gasteiger partial charge in [-0.2, -0.15) is 0 Å². The minimum Gasteiger partial charge on any atom is -0.469 e. The molecule has 0 aliphatic carbocycles. The smallest absolute Gasteiger partial charge is 0.307 e. The van der Waals surface area contributed by atoms with Gasteiger partial charge in [0.2, 0.25) is 0 Å². The van der Waals surface area contributed by atoms with Gasteiger partial charge in [0.25, 0.3) is 5.91 Å². The Hall–Kier alpha value is -1.92. The average Bonchev–Trinajstić information content (AvgIpc) is 2.97. The zero-order valence-electron chi connectivity index (χ0n) is 11.3. The number of aromatic nitrogens is 1. The molecule has 7 heteroatoms. The highest BCUT2D eigenvalue weighted by Crippen LogP contribution is 2.25. The summed E-state index contributed by atoms with van der Waals surface area (Å²) in [7, 11) is 1.31. The Balaban J connectivity index is 1.99. The van der Waals surface area contributed by atoms with E-state index in [0.29, 0.717) is 10.7 Å². The molecule has 1 N–H and O–H groups in total. The summed E-state index contributed by atoms with van der Waals surface area (Å²) in [6, 6.07) is 7.28. The first-order valence-corrected chi connectivity index (χ1v) is 7.42. The van der Waals surface area contributed by atoms with Crippen LogP contribution >= 0.6 is 22.9 Å². The van der Waals surface area contributed by atoms with Crippen LogP contribution in [0.5, 0.6) is 0 Å². The van der Waals surface area contributed by atoms with Crippen molar-refractivity contribution in [3.05, 3.63) is 40.4 Å². The molecule has 0 atom stereocenters. The van der Waals surface area contributed by atoms with Gasteiger partial charge in [-0.1, -0.05) is 23.7 Å². The largest absolute Gasteiger partial charge is 0.469 e. The fourth-order valence-corrected chi connectivity index (χ4v) is 2.59. The van der Waals surface area contributed by atoms with E-state index in [-0.39, 0.29) is 24.8 Å². The highest BCUT2D eigenvalue weighted by Gasteiger charge is 2.12. The summed E-state index contributed by atoms with van der Waals surface area (Å²) in [5.41, 5.74) is 1.18. The van der Waals surface area contributed by atoms with Gasteiger partial charge in [-0.3, -0.25) is 9.59 Å². The van der Waals surface area contributed by atoms with E-state index in [9.17, 15) is 9.59 Å². The molecule has 5 nitrogen and oxygen atoms in total. The molecule has 0 aliphatic heterocycles. The molecule has 21 heavy (non-hydrogen) atoms. The third-order valence-corrected chi connectivity index (χ3v) is 3.78. The first kappa shape index (κ1) is 15.5. The van der Waals surface area contributed by atoms with E-state index >= 15 is 0 Å². The molecule has 1 heterocycles. The maximum Gasteiger partial charge on any atom is 0.307 e. The summed E-state index contributed by atoms with van der Waals surface area (Å²) < 4.78 is 4.49. The van der Waals surface area contributed by atoms with Crippen molar-refractivity contribution < 1.29 is 14.3 Å². The summed E-state index contributed by atoms with van der Waals surface area (Å²) in [6.45, 7) is 0.218. The van der Waals surface area contributed by atoms with Crippen molar-refractivity contribution in [3.8, 4) is 10.6 Å². The van der Waals surface area contributed by atoms with E-state index in [4.69, 9.17) is 11.6 Å². The van der Waals surface area contributed by atoms with Gasteiger partial charge >= 0.3 is 5.97 Å². The topological polar surface area (TPSA) is 68.3 Å². The van der Waals surface area contributed by atoms with Crippen molar-refractivity contribution in [3.63, 3.8) is 0 Å². The molecule has 110 valence electrons. The minimum absolute atomic E-state index is 0.132. The maximum atomic E-state index is 11.9. The molecule has 0 bridgehead atoms. The van der Waals surface area contributed by atoms with Gasteiger partial charge in [0.15, 0.2) is 0 Å². The van der Waals surface area contributed by atoms with Gasteiger partial charge in [0.1, 0.15) is 10.7 Å². The van der Waals surface area contributed by atoms with Gasteiger partial charge in [0.05, 0.1) is 13.5 Å². The number of amides is 1. The van der Waals surface area contributed by atoms with Crippen LogP contribution in [-0.4, -0.2) is 30.5 Å². The van der Waals surface area contributed by atoms with Crippen molar-refractivity contribution in [2.24, 2.45) is 0 Å². The van der Waals surface area contributed by atoms with Gasteiger partial charge in [0, 0.05) is 22.5 Å². The van der Waals surface area contributed by atoms with Crippen molar-refractivity contribution in [1.82, 2.24) is 10.3 Å². The average molecular weight is 325 g/mol. The first-order valence-electron chi connectivity index (χ1n) is 6.16. The van der Waals surface area contributed by atoms with Crippen molar-refractivity contribution in [2.75, 3.05) is 13.7 Å². The van der Waals surface area contributed by atoms with Crippen molar-refractivity contribution in [2.45, 2.75) is 6.42 Å². The van der Waals surface area contributed by atoms with E-state index in [0.717, 1.165) is 10.6 Å². The maximum absolute atomic E-state index is 11.9. The summed E-state index contributed by atoms with van der Waals surface area (Å²) in [4.78, 5) is 27.1. The van der Waals surface area contributed by atoms with Crippen LogP contribution in [-0.2, 0) is 9.53 Å². The Morgan fingerprint density at radius 3 is 2.95 bits per heavy atom. The number of halogens is 1. The number of carbonyl (C=O) groups excluding carboxylic acids is 2. The third kappa shape index (κ3) is 4.27. The Morgan fingerprint density at radius 2 is 2.24 bits per heavy atom. The summed E-state index contributed by atoms with van der Waals surface area (Å²) in [6.07, 6.45) is 0.132. The monoisotopic (exact) mass is 324 g/mol. The number of hydrogen-bond donors (Lipinski definition) is 1.